The zero-order valence-corrected chi connectivity index (χ0v) is 13.3. The summed E-state index contributed by atoms with van der Waals surface area (Å²) in [6.07, 6.45) is 5.56. The van der Waals surface area contributed by atoms with Crippen molar-refractivity contribution in [2.24, 2.45) is 5.92 Å². The third kappa shape index (κ3) is 3.47. The number of nitrogens with one attached hydrogen (secondary N) is 1. The summed E-state index contributed by atoms with van der Waals surface area (Å²) in [5.41, 5.74) is 1.30. The van der Waals surface area contributed by atoms with Crippen LogP contribution in [0.15, 0.2) is 29.2 Å². The van der Waals surface area contributed by atoms with Crippen molar-refractivity contribution < 1.29 is 13.2 Å². The lowest BCUT2D eigenvalue weighted by atomic mass is 9.84. The molecule has 2 aliphatic rings. The molecule has 0 amide bonds. The Balaban J connectivity index is 1.62. The van der Waals surface area contributed by atoms with Gasteiger partial charge in [-0.1, -0.05) is 12.1 Å². The molecule has 2 aliphatic heterocycles. The molecule has 0 unspecified atom stereocenters. The summed E-state index contributed by atoms with van der Waals surface area (Å²) >= 11 is 0. The predicted octanol–water partition coefficient (Wildman–Crippen LogP) is 1.79. The van der Waals surface area contributed by atoms with Gasteiger partial charge in [-0.25, -0.2) is 8.42 Å². The quantitative estimate of drug-likeness (QED) is 0.925. The van der Waals surface area contributed by atoms with E-state index in [9.17, 15) is 8.42 Å². The number of benzene rings is 1. The molecule has 21 heavy (non-hydrogen) atoms. The smallest absolute Gasteiger partial charge is 0.175 e. The van der Waals surface area contributed by atoms with E-state index in [0.717, 1.165) is 45.4 Å². The molecule has 4 nitrogen and oxygen atoms in total. The Morgan fingerprint density at radius 1 is 1.24 bits per heavy atom. The fraction of sp³-hybridized carbons (Fsp3) is 0.625. The van der Waals surface area contributed by atoms with E-state index in [2.05, 4.69) is 5.32 Å². The van der Waals surface area contributed by atoms with Crippen molar-refractivity contribution >= 4 is 9.84 Å². The number of piperidine rings is 1. The van der Waals surface area contributed by atoms with E-state index in [4.69, 9.17) is 4.74 Å². The molecule has 1 spiro atoms. The SMILES string of the molecule is CS(=O)(=O)c1ccc(C[C@H]2COC3(CCNCC3)C2)cc1. The van der Waals surface area contributed by atoms with Gasteiger partial charge in [-0.2, -0.15) is 0 Å². The maximum Gasteiger partial charge on any atom is 0.175 e. The predicted molar refractivity (Wildman–Crippen MR) is 82.1 cm³/mol. The molecule has 2 heterocycles. The van der Waals surface area contributed by atoms with Gasteiger partial charge in [0.1, 0.15) is 0 Å². The first-order valence-corrected chi connectivity index (χ1v) is 9.50. The highest BCUT2D eigenvalue weighted by Crippen LogP contribution is 2.38. The monoisotopic (exact) mass is 309 g/mol. The van der Waals surface area contributed by atoms with Crippen molar-refractivity contribution in [3.05, 3.63) is 29.8 Å². The first kappa shape index (κ1) is 15.0. The molecule has 5 heteroatoms. The van der Waals surface area contributed by atoms with Gasteiger partial charge in [-0.3, -0.25) is 0 Å². The molecule has 0 radical (unpaired) electrons. The van der Waals surface area contributed by atoms with Gasteiger partial charge >= 0.3 is 0 Å². The molecule has 1 aromatic rings. The van der Waals surface area contributed by atoms with Crippen molar-refractivity contribution in [3.63, 3.8) is 0 Å². The molecule has 116 valence electrons. The van der Waals surface area contributed by atoms with Gasteiger partial charge in [0, 0.05) is 6.26 Å². The first-order chi connectivity index (χ1) is 9.97. The van der Waals surface area contributed by atoms with Crippen molar-refractivity contribution in [3.8, 4) is 0 Å². The second-order valence-electron chi connectivity index (χ2n) is 6.43. The molecule has 0 aliphatic carbocycles. The minimum atomic E-state index is -3.10. The van der Waals surface area contributed by atoms with Gasteiger partial charge < -0.3 is 10.1 Å². The molecular weight excluding hydrogens is 286 g/mol. The fourth-order valence-electron chi connectivity index (χ4n) is 3.51. The van der Waals surface area contributed by atoms with Crippen LogP contribution in [0.4, 0.5) is 0 Å². The van der Waals surface area contributed by atoms with Gasteiger partial charge in [0.05, 0.1) is 17.1 Å². The van der Waals surface area contributed by atoms with Gasteiger partial charge in [0.25, 0.3) is 0 Å². The summed E-state index contributed by atoms with van der Waals surface area (Å²) in [6, 6.07) is 7.29. The number of sulfone groups is 1. The number of ether oxygens (including phenoxy) is 1. The Kier molecular flexibility index (Phi) is 4.08. The van der Waals surface area contributed by atoms with Gasteiger partial charge in [-0.15, -0.1) is 0 Å². The minimum Gasteiger partial charge on any atom is -0.375 e. The minimum absolute atomic E-state index is 0.0998. The summed E-state index contributed by atoms with van der Waals surface area (Å²) in [5, 5.41) is 3.38. The van der Waals surface area contributed by atoms with Crippen LogP contribution in [-0.4, -0.2) is 40.0 Å². The van der Waals surface area contributed by atoms with Crippen LogP contribution < -0.4 is 5.32 Å². The van der Waals surface area contributed by atoms with Crippen LogP contribution in [0, 0.1) is 5.92 Å². The number of hydrogen-bond acceptors (Lipinski definition) is 4. The van der Waals surface area contributed by atoms with Crippen LogP contribution in [0.25, 0.3) is 0 Å². The Hall–Kier alpha value is -0.910. The Labute approximate surface area is 126 Å². The average Bonchev–Trinajstić information content (AvgIpc) is 2.82. The molecule has 1 aromatic carbocycles. The highest BCUT2D eigenvalue weighted by molar-refractivity contribution is 7.90. The summed E-state index contributed by atoms with van der Waals surface area (Å²) in [7, 11) is -3.10. The molecule has 0 bridgehead atoms. The Bertz CT molecular complexity index is 588. The van der Waals surface area contributed by atoms with Crippen molar-refractivity contribution in [2.75, 3.05) is 26.0 Å². The maximum atomic E-state index is 11.5. The zero-order valence-electron chi connectivity index (χ0n) is 12.5. The Morgan fingerprint density at radius 3 is 2.52 bits per heavy atom. The number of rotatable bonds is 3. The summed E-state index contributed by atoms with van der Waals surface area (Å²) in [5.74, 6) is 0.548. The van der Waals surface area contributed by atoms with Crippen LogP contribution in [0.1, 0.15) is 24.8 Å². The van der Waals surface area contributed by atoms with E-state index in [1.807, 2.05) is 12.1 Å². The number of hydrogen-bond donors (Lipinski definition) is 1. The largest absolute Gasteiger partial charge is 0.375 e. The van der Waals surface area contributed by atoms with E-state index in [-0.39, 0.29) is 5.60 Å². The van der Waals surface area contributed by atoms with Gasteiger partial charge in [-0.05, 0) is 62.4 Å². The molecule has 2 saturated heterocycles. The maximum absolute atomic E-state index is 11.5. The molecule has 3 rings (SSSR count). The zero-order chi connectivity index (χ0) is 14.9. The summed E-state index contributed by atoms with van der Waals surface area (Å²) in [4.78, 5) is 0.392. The van der Waals surface area contributed by atoms with Crippen LogP contribution in [0.3, 0.4) is 0 Å². The van der Waals surface area contributed by atoms with Gasteiger partial charge in [0.15, 0.2) is 9.84 Å². The summed E-state index contributed by atoms with van der Waals surface area (Å²) < 4.78 is 29.0. The normalized spacial score (nSPS) is 25.3. The van der Waals surface area contributed by atoms with Crippen molar-refractivity contribution in [2.45, 2.75) is 36.2 Å². The van der Waals surface area contributed by atoms with Crippen molar-refractivity contribution in [1.82, 2.24) is 5.32 Å². The van der Waals surface area contributed by atoms with Gasteiger partial charge in [0.2, 0.25) is 0 Å². The third-order valence-electron chi connectivity index (χ3n) is 4.68. The molecular formula is C16H23NO3S. The fourth-order valence-corrected chi connectivity index (χ4v) is 4.14. The van der Waals surface area contributed by atoms with Crippen LogP contribution in [0.2, 0.25) is 0 Å². The third-order valence-corrected chi connectivity index (χ3v) is 5.81. The second kappa shape index (κ2) is 5.71. The molecule has 0 aromatic heterocycles. The van der Waals surface area contributed by atoms with E-state index < -0.39 is 9.84 Å². The van der Waals surface area contributed by atoms with Crippen LogP contribution in [0.5, 0.6) is 0 Å². The van der Waals surface area contributed by atoms with E-state index in [0.29, 0.717) is 10.8 Å². The van der Waals surface area contributed by atoms with E-state index in [1.54, 1.807) is 12.1 Å². The topological polar surface area (TPSA) is 55.4 Å². The van der Waals surface area contributed by atoms with Crippen molar-refractivity contribution in [1.29, 1.82) is 0 Å². The lowest BCUT2D eigenvalue weighted by Gasteiger charge is -2.33. The van der Waals surface area contributed by atoms with E-state index >= 15 is 0 Å². The van der Waals surface area contributed by atoms with Crippen LogP contribution >= 0.6 is 0 Å². The molecule has 1 N–H and O–H groups in total. The molecule has 1 atom stereocenters. The molecule has 2 fully saturated rings. The standard InChI is InChI=1S/C16H23NO3S/c1-21(18,19)15-4-2-13(3-5-15)10-14-11-16(20-12-14)6-8-17-9-7-16/h2-5,14,17H,6-12H2,1H3/t14-/m1/s1. The van der Waals surface area contributed by atoms with E-state index in [1.165, 1.54) is 11.8 Å². The lowest BCUT2D eigenvalue weighted by Crippen LogP contribution is -2.41. The summed E-state index contributed by atoms with van der Waals surface area (Å²) in [6.45, 7) is 2.93. The first-order valence-electron chi connectivity index (χ1n) is 7.61. The molecule has 0 saturated carbocycles. The highest BCUT2D eigenvalue weighted by Gasteiger charge is 2.40. The second-order valence-corrected chi connectivity index (χ2v) is 8.45. The van der Waals surface area contributed by atoms with Crippen LogP contribution in [-0.2, 0) is 21.0 Å². The average molecular weight is 309 g/mol. The Morgan fingerprint density at radius 2 is 1.90 bits per heavy atom. The highest BCUT2D eigenvalue weighted by atomic mass is 32.2. The lowest BCUT2D eigenvalue weighted by molar-refractivity contribution is -0.0196.